The quantitative estimate of drug-likeness (QED) is 0.487. The lowest BCUT2D eigenvalue weighted by molar-refractivity contribution is 0.0310. The Balaban J connectivity index is 0.000000336. The molecule has 3 rings (SSSR count). The highest BCUT2D eigenvalue weighted by Gasteiger charge is 2.35. The monoisotopic (exact) mass is 281 g/mol. The molecule has 0 N–H and O–H groups in total. The van der Waals surface area contributed by atoms with Crippen LogP contribution in [0.5, 0.6) is 0 Å². The third kappa shape index (κ3) is 2.13. The van der Waals surface area contributed by atoms with E-state index in [1.807, 2.05) is 4.93 Å². The number of hydrogen-bond donors (Lipinski definition) is 0. The molecular weight excluding hydrogens is 261 g/mol. The summed E-state index contributed by atoms with van der Waals surface area (Å²) in [5.74, 6) is 2.03. The summed E-state index contributed by atoms with van der Waals surface area (Å²) < 4.78 is 0. The molecule has 0 amide bonds. The van der Waals surface area contributed by atoms with Crippen molar-refractivity contribution in [2.75, 3.05) is 18.5 Å². The fourth-order valence-corrected chi connectivity index (χ4v) is 2.62. The lowest BCUT2D eigenvalue weighted by Crippen LogP contribution is -2.49. The van der Waals surface area contributed by atoms with Crippen molar-refractivity contribution in [2.24, 2.45) is 11.8 Å². The van der Waals surface area contributed by atoms with Crippen LogP contribution < -0.4 is 0 Å². The van der Waals surface area contributed by atoms with Gasteiger partial charge in [-0.25, -0.2) is 0 Å². The van der Waals surface area contributed by atoms with Gasteiger partial charge in [0.2, 0.25) is 0 Å². The summed E-state index contributed by atoms with van der Waals surface area (Å²) in [7, 11) is 2.28. The Morgan fingerprint density at radius 2 is 1.92 bits per heavy atom. The summed E-state index contributed by atoms with van der Waals surface area (Å²) in [6.07, 6.45) is 4.42. The molecule has 0 radical (unpaired) electrons. The standard InChI is InChI=1S/C9H17N.CH3I/c1-7-5-9-4-3-8(7)6-10(9)2;1-2/h7-9H,3-6H2,1-2H3;1H3. The Morgan fingerprint density at radius 3 is 2.17 bits per heavy atom. The van der Waals surface area contributed by atoms with Gasteiger partial charge in [0.1, 0.15) is 0 Å². The Bertz CT molecular complexity index is 122. The second-order valence-corrected chi connectivity index (χ2v) is 4.14. The summed E-state index contributed by atoms with van der Waals surface area (Å²) in [4.78, 5) is 4.52. The van der Waals surface area contributed by atoms with Crippen LogP contribution in [0.1, 0.15) is 26.2 Å². The highest BCUT2D eigenvalue weighted by atomic mass is 127. The molecular formula is C10H20IN. The van der Waals surface area contributed by atoms with Gasteiger partial charge in [-0.15, -0.1) is 0 Å². The summed E-state index contributed by atoms with van der Waals surface area (Å²) in [6.45, 7) is 3.79. The average molecular weight is 281 g/mol. The molecule has 1 saturated carbocycles. The molecule has 3 aliphatic rings. The van der Waals surface area contributed by atoms with Crippen LogP contribution in [0, 0.1) is 11.8 Å². The van der Waals surface area contributed by atoms with Gasteiger partial charge in [0, 0.05) is 12.6 Å². The van der Waals surface area contributed by atoms with Crippen molar-refractivity contribution >= 4 is 22.6 Å². The van der Waals surface area contributed by atoms with Crippen molar-refractivity contribution in [1.29, 1.82) is 0 Å². The zero-order valence-corrected chi connectivity index (χ0v) is 10.5. The number of nitrogens with zero attached hydrogens (tertiary/aromatic N) is 1. The average Bonchev–Trinajstić information content (AvgIpc) is 2.11. The molecule has 0 aromatic heterocycles. The van der Waals surface area contributed by atoms with Crippen LogP contribution in [0.15, 0.2) is 0 Å². The first-order valence-corrected chi connectivity index (χ1v) is 7.01. The first-order valence-electron chi connectivity index (χ1n) is 4.85. The molecule has 1 nitrogen and oxygen atoms in total. The van der Waals surface area contributed by atoms with E-state index in [9.17, 15) is 0 Å². The van der Waals surface area contributed by atoms with E-state index in [2.05, 4.69) is 41.5 Å². The van der Waals surface area contributed by atoms with Crippen molar-refractivity contribution in [1.82, 2.24) is 4.90 Å². The van der Waals surface area contributed by atoms with Gasteiger partial charge in [-0.05, 0) is 43.1 Å². The van der Waals surface area contributed by atoms with Crippen LogP contribution in [-0.2, 0) is 0 Å². The van der Waals surface area contributed by atoms with Gasteiger partial charge in [0.25, 0.3) is 0 Å². The maximum atomic E-state index is 2.55. The summed E-state index contributed by atoms with van der Waals surface area (Å²) in [5.41, 5.74) is 0. The van der Waals surface area contributed by atoms with Gasteiger partial charge in [-0.2, -0.15) is 0 Å². The van der Waals surface area contributed by atoms with E-state index in [-0.39, 0.29) is 0 Å². The summed E-state index contributed by atoms with van der Waals surface area (Å²) >= 11 is 2.15. The highest BCUT2D eigenvalue weighted by Crippen LogP contribution is 2.37. The topological polar surface area (TPSA) is 3.24 Å². The minimum atomic E-state index is 0.931. The number of halogens is 1. The van der Waals surface area contributed by atoms with E-state index in [4.69, 9.17) is 0 Å². The molecule has 3 unspecified atom stereocenters. The molecule has 3 fully saturated rings. The molecule has 3 atom stereocenters. The number of alkyl halides is 1. The van der Waals surface area contributed by atoms with Crippen LogP contribution in [0.3, 0.4) is 0 Å². The third-order valence-electron chi connectivity index (χ3n) is 3.47. The minimum absolute atomic E-state index is 0.931. The van der Waals surface area contributed by atoms with E-state index < -0.39 is 0 Å². The SMILES string of the molecule is CC1CC2CCC1CN2C.CI. The van der Waals surface area contributed by atoms with Crippen molar-refractivity contribution in [2.45, 2.75) is 32.2 Å². The molecule has 2 heterocycles. The van der Waals surface area contributed by atoms with Gasteiger partial charge in [-0.3, -0.25) is 0 Å². The molecule has 2 saturated heterocycles. The number of hydrogen-bond acceptors (Lipinski definition) is 1. The van der Waals surface area contributed by atoms with Crippen LogP contribution in [-0.4, -0.2) is 29.5 Å². The minimum Gasteiger partial charge on any atom is -0.303 e. The van der Waals surface area contributed by atoms with Gasteiger partial charge >= 0.3 is 0 Å². The van der Waals surface area contributed by atoms with Gasteiger partial charge in [-0.1, -0.05) is 29.5 Å². The fraction of sp³-hybridized carbons (Fsp3) is 1.00. The molecule has 0 spiro atoms. The van der Waals surface area contributed by atoms with Crippen LogP contribution >= 0.6 is 22.6 Å². The summed E-state index contributed by atoms with van der Waals surface area (Å²) in [6, 6.07) is 0.931. The van der Waals surface area contributed by atoms with Gasteiger partial charge in [0.05, 0.1) is 0 Å². The van der Waals surface area contributed by atoms with Gasteiger partial charge in [0.15, 0.2) is 0 Å². The second-order valence-electron chi connectivity index (χ2n) is 4.14. The van der Waals surface area contributed by atoms with Crippen molar-refractivity contribution in [3.8, 4) is 0 Å². The van der Waals surface area contributed by atoms with E-state index in [1.54, 1.807) is 0 Å². The Kier molecular flexibility index (Phi) is 4.30. The van der Waals surface area contributed by atoms with E-state index in [0.717, 1.165) is 17.9 Å². The number of fused-ring (bicyclic) bond motifs is 3. The Morgan fingerprint density at radius 1 is 1.25 bits per heavy atom. The predicted octanol–water partition coefficient (Wildman–Crippen LogP) is 2.79. The zero-order valence-electron chi connectivity index (χ0n) is 8.39. The highest BCUT2D eigenvalue weighted by molar-refractivity contribution is 14.1. The molecule has 2 heteroatoms. The van der Waals surface area contributed by atoms with Crippen LogP contribution in [0.2, 0.25) is 0 Å². The maximum Gasteiger partial charge on any atom is 0.00950 e. The van der Waals surface area contributed by atoms with Crippen molar-refractivity contribution in [3.63, 3.8) is 0 Å². The lowest BCUT2D eigenvalue weighted by atomic mass is 9.73. The van der Waals surface area contributed by atoms with Gasteiger partial charge < -0.3 is 4.90 Å². The van der Waals surface area contributed by atoms with E-state index >= 15 is 0 Å². The molecule has 72 valence electrons. The smallest absolute Gasteiger partial charge is 0.00950 e. The summed E-state index contributed by atoms with van der Waals surface area (Å²) in [5, 5.41) is 0. The zero-order chi connectivity index (χ0) is 9.14. The number of piperidine rings is 2. The maximum absolute atomic E-state index is 2.55. The predicted molar refractivity (Wildman–Crippen MR) is 62.9 cm³/mol. The molecule has 12 heavy (non-hydrogen) atoms. The van der Waals surface area contributed by atoms with Crippen molar-refractivity contribution < 1.29 is 0 Å². The largest absolute Gasteiger partial charge is 0.303 e. The Hall–Kier alpha value is 0.690. The molecule has 2 bridgehead atoms. The molecule has 0 aromatic carbocycles. The second kappa shape index (κ2) is 4.80. The van der Waals surface area contributed by atoms with Crippen LogP contribution in [0.4, 0.5) is 0 Å². The molecule has 0 aromatic rings. The molecule has 1 aliphatic carbocycles. The molecule has 2 aliphatic heterocycles. The normalized spacial score (nSPS) is 40.5. The lowest BCUT2D eigenvalue weighted by Gasteiger charge is -2.47. The Labute approximate surface area is 90.0 Å². The third-order valence-corrected chi connectivity index (χ3v) is 3.47. The first kappa shape index (κ1) is 10.8. The van der Waals surface area contributed by atoms with Crippen LogP contribution in [0.25, 0.3) is 0 Å². The number of rotatable bonds is 0. The first-order chi connectivity index (χ1) is 5.77. The van der Waals surface area contributed by atoms with E-state index in [1.165, 1.54) is 25.8 Å². The fourth-order valence-electron chi connectivity index (χ4n) is 2.62. The van der Waals surface area contributed by atoms with Crippen molar-refractivity contribution in [3.05, 3.63) is 0 Å². The van der Waals surface area contributed by atoms with E-state index in [0.29, 0.717) is 0 Å².